The highest BCUT2D eigenvalue weighted by atomic mass is 16.5. The van der Waals surface area contributed by atoms with Crippen LogP contribution in [0.15, 0.2) is 54.7 Å². The summed E-state index contributed by atoms with van der Waals surface area (Å²) in [7, 11) is 0. The van der Waals surface area contributed by atoms with Crippen LogP contribution in [0.25, 0.3) is 22.3 Å². The number of nitriles is 1. The molecule has 2 heterocycles. The maximum atomic E-state index is 13.5. The minimum Gasteiger partial charge on any atom is -0.492 e. The highest BCUT2D eigenvalue weighted by Crippen LogP contribution is 2.30. The third-order valence-electron chi connectivity index (χ3n) is 5.38. The Balaban J connectivity index is 1.86. The summed E-state index contributed by atoms with van der Waals surface area (Å²) in [5.41, 5.74) is 4.69. The van der Waals surface area contributed by atoms with E-state index in [4.69, 9.17) is 9.72 Å². The Bertz CT molecular complexity index is 1380. The second-order valence-electron chi connectivity index (χ2n) is 8.00. The molecule has 0 bridgehead atoms. The molecule has 0 aliphatic rings. The lowest BCUT2D eigenvalue weighted by Gasteiger charge is -2.14. The lowest BCUT2D eigenvalue weighted by Crippen LogP contribution is -2.14. The first-order valence-corrected chi connectivity index (χ1v) is 10.9. The molecule has 33 heavy (non-hydrogen) atoms. The largest absolute Gasteiger partial charge is 0.492 e. The Morgan fingerprint density at radius 3 is 2.70 bits per heavy atom. The quantitative estimate of drug-likeness (QED) is 0.428. The summed E-state index contributed by atoms with van der Waals surface area (Å²) in [5.74, 6) is 0.184. The summed E-state index contributed by atoms with van der Waals surface area (Å²) >= 11 is 0. The number of nitrogens with zero attached hydrogens (tertiary/aromatic N) is 4. The molecule has 0 saturated heterocycles. The second kappa shape index (κ2) is 9.13. The van der Waals surface area contributed by atoms with Gasteiger partial charge in [-0.25, -0.2) is 9.67 Å². The van der Waals surface area contributed by atoms with Gasteiger partial charge in [0.05, 0.1) is 46.8 Å². The van der Waals surface area contributed by atoms with E-state index < -0.39 is 0 Å². The standard InChI is InChI=1S/C26H25N5O2/c1-5-33-24-11-10-18(14-27)12-23(24)30-26(32)20-13-22(19-9-7-6-8-17(19)4)29-25-21(20)15-28-31(25)16(2)3/h6-13,15-16H,5H2,1-4H3,(H,30,32). The molecule has 7 nitrogen and oxygen atoms in total. The van der Waals surface area contributed by atoms with Crippen LogP contribution in [0.4, 0.5) is 5.69 Å². The van der Waals surface area contributed by atoms with Gasteiger partial charge >= 0.3 is 0 Å². The first-order chi connectivity index (χ1) is 15.9. The van der Waals surface area contributed by atoms with E-state index in [2.05, 4.69) is 16.5 Å². The Kier molecular flexibility index (Phi) is 6.09. The number of benzene rings is 2. The lowest BCUT2D eigenvalue weighted by molar-refractivity contribution is 0.102. The van der Waals surface area contributed by atoms with Gasteiger partial charge in [0.2, 0.25) is 0 Å². The number of ether oxygens (including phenoxy) is 1. The molecular formula is C26H25N5O2. The van der Waals surface area contributed by atoms with Gasteiger partial charge in [-0.2, -0.15) is 10.4 Å². The summed E-state index contributed by atoms with van der Waals surface area (Å²) in [6.07, 6.45) is 1.67. The predicted molar refractivity (Wildman–Crippen MR) is 128 cm³/mol. The summed E-state index contributed by atoms with van der Waals surface area (Å²) in [5, 5.41) is 17.4. The fraction of sp³-hybridized carbons (Fsp3) is 0.231. The number of fused-ring (bicyclic) bond motifs is 1. The highest BCUT2D eigenvalue weighted by molar-refractivity contribution is 6.13. The van der Waals surface area contributed by atoms with Crippen molar-refractivity contribution in [2.24, 2.45) is 0 Å². The normalized spacial score (nSPS) is 10.9. The summed E-state index contributed by atoms with van der Waals surface area (Å²) in [6, 6.07) is 16.9. The van der Waals surface area contributed by atoms with Gasteiger partial charge in [0.1, 0.15) is 5.75 Å². The van der Waals surface area contributed by atoms with Crippen molar-refractivity contribution in [3.05, 3.63) is 71.4 Å². The average Bonchev–Trinajstić information content (AvgIpc) is 3.24. The van der Waals surface area contributed by atoms with Gasteiger partial charge in [-0.05, 0) is 57.5 Å². The number of amides is 1. The molecule has 166 valence electrons. The van der Waals surface area contributed by atoms with Gasteiger partial charge in [0, 0.05) is 11.6 Å². The summed E-state index contributed by atoms with van der Waals surface area (Å²) in [6.45, 7) is 8.37. The van der Waals surface area contributed by atoms with E-state index >= 15 is 0 Å². The number of hydrogen-bond donors (Lipinski definition) is 1. The number of carbonyl (C=O) groups excluding carboxylic acids is 1. The third kappa shape index (κ3) is 4.28. The molecule has 1 amide bonds. The second-order valence-corrected chi connectivity index (χ2v) is 8.00. The zero-order valence-electron chi connectivity index (χ0n) is 19.1. The third-order valence-corrected chi connectivity index (χ3v) is 5.38. The van der Waals surface area contributed by atoms with E-state index in [0.29, 0.717) is 45.9 Å². The van der Waals surface area contributed by atoms with Crippen molar-refractivity contribution in [1.82, 2.24) is 14.8 Å². The molecule has 7 heteroatoms. The maximum absolute atomic E-state index is 13.5. The first-order valence-electron chi connectivity index (χ1n) is 10.9. The van der Waals surface area contributed by atoms with Crippen LogP contribution in [-0.2, 0) is 0 Å². The number of anilines is 1. The van der Waals surface area contributed by atoms with Crippen molar-refractivity contribution < 1.29 is 9.53 Å². The van der Waals surface area contributed by atoms with E-state index in [-0.39, 0.29) is 11.9 Å². The van der Waals surface area contributed by atoms with E-state index in [1.165, 1.54) is 0 Å². The minimum atomic E-state index is -0.323. The fourth-order valence-electron chi connectivity index (χ4n) is 3.75. The number of pyridine rings is 1. The highest BCUT2D eigenvalue weighted by Gasteiger charge is 2.20. The fourth-order valence-corrected chi connectivity index (χ4v) is 3.75. The van der Waals surface area contributed by atoms with Gasteiger partial charge in [0.25, 0.3) is 5.91 Å². The van der Waals surface area contributed by atoms with Crippen LogP contribution in [0.5, 0.6) is 5.75 Å². The van der Waals surface area contributed by atoms with Crippen molar-refractivity contribution in [3.8, 4) is 23.1 Å². The van der Waals surface area contributed by atoms with E-state index in [0.717, 1.165) is 11.1 Å². The Labute approximate surface area is 192 Å². The molecule has 4 rings (SSSR count). The Morgan fingerprint density at radius 1 is 1.21 bits per heavy atom. The number of hydrogen-bond acceptors (Lipinski definition) is 5. The Morgan fingerprint density at radius 2 is 2.00 bits per heavy atom. The zero-order chi connectivity index (χ0) is 23.5. The van der Waals surface area contributed by atoms with Gasteiger partial charge in [-0.1, -0.05) is 24.3 Å². The van der Waals surface area contributed by atoms with Crippen LogP contribution in [0.2, 0.25) is 0 Å². The molecule has 0 spiro atoms. The van der Waals surface area contributed by atoms with E-state index in [9.17, 15) is 10.1 Å². The topological polar surface area (TPSA) is 92.8 Å². The summed E-state index contributed by atoms with van der Waals surface area (Å²) in [4.78, 5) is 18.4. The van der Waals surface area contributed by atoms with Crippen LogP contribution >= 0.6 is 0 Å². The molecule has 2 aromatic carbocycles. The molecule has 0 fully saturated rings. The average molecular weight is 440 g/mol. The molecule has 1 N–H and O–H groups in total. The molecule has 0 unspecified atom stereocenters. The van der Waals surface area contributed by atoms with Crippen molar-refractivity contribution >= 4 is 22.6 Å². The van der Waals surface area contributed by atoms with Crippen molar-refractivity contribution in [1.29, 1.82) is 5.26 Å². The molecule has 4 aromatic rings. The van der Waals surface area contributed by atoms with Crippen LogP contribution in [0.1, 0.15) is 48.3 Å². The van der Waals surface area contributed by atoms with Crippen LogP contribution < -0.4 is 10.1 Å². The number of carbonyl (C=O) groups is 1. The van der Waals surface area contributed by atoms with Gasteiger partial charge in [-0.15, -0.1) is 0 Å². The monoisotopic (exact) mass is 439 g/mol. The van der Waals surface area contributed by atoms with Gasteiger partial charge < -0.3 is 10.1 Å². The molecule has 0 atom stereocenters. The van der Waals surface area contributed by atoms with Gasteiger partial charge in [0.15, 0.2) is 5.65 Å². The van der Waals surface area contributed by atoms with Gasteiger partial charge in [-0.3, -0.25) is 4.79 Å². The first kappa shape index (κ1) is 22.0. The van der Waals surface area contributed by atoms with E-state index in [1.807, 2.05) is 56.6 Å². The SMILES string of the molecule is CCOc1ccc(C#N)cc1NC(=O)c1cc(-c2ccccc2C)nc2c1cnn2C(C)C. The van der Waals surface area contributed by atoms with Crippen molar-refractivity contribution in [2.45, 2.75) is 33.7 Å². The van der Waals surface area contributed by atoms with Crippen LogP contribution in [0, 0.1) is 18.3 Å². The smallest absolute Gasteiger partial charge is 0.256 e. The summed E-state index contributed by atoms with van der Waals surface area (Å²) < 4.78 is 7.47. The molecular weight excluding hydrogens is 414 g/mol. The minimum absolute atomic E-state index is 0.0786. The molecule has 2 aromatic heterocycles. The number of nitrogens with one attached hydrogen (secondary N) is 1. The molecule has 0 radical (unpaired) electrons. The lowest BCUT2D eigenvalue weighted by atomic mass is 10.0. The number of rotatable bonds is 6. The van der Waals surface area contributed by atoms with Crippen LogP contribution in [-0.4, -0.2) is 27.3 Å². The maximum Gasteiger partial charge on any atom is 0.256 e. The molecule has 0 aliphatic carbocycles. The molecule has 0 aliphatic heterocycles. The zero-order valence-corrected chi connectivity index (χ0v) is 19.1. The Hall–Kier alpha value is -4.18. The van der Waals surface area contributed by atoms with Crippen LogP contribution in [0.3, 0.4) is 0 Å². The predicted octanol–water partition coefficient (Wildman–Crippen LogP) is 5.51. The number of aryl methyl sites for hydroxylation is 1. The van der Waals surface area contributed by atoms with Crippen molar-refractivity contribution in [3.63, 3.8) is 0 Å². The van der Waals surface area contributed by atoms with Crippen molar-refractivity contribution in [2.75, 3.05) is 11.9 Å². The number of aromatic nitrogens is 3. The molecule has 0 saturated carbocycles. The van der Waals surface area contributed by atoms with E-state index in [1.54, 1.807) is 30.5 Å².